The van der Waals surface area contributed by atoms with Gasteiger partial charge >= 0.3 is 0 Å². The largest absolute Gasteiger partial charge is 0.356 e. The normalized spacial score (nSPS) is 18.5. The maximum atomic E-state index is 12.6. The Balaban J connectivity index is 0.00000341. The number of benzene rings is 1. The van der Waals surface area contributed by atoms with Gasteiger partial charge in [0.15, 0.2) is 5.96 Å². The molecule has 0 spiro atoms. The van der Waals surface area contributed by atoms with E-state index in [9.17, 15) is 4.79 Å². The van der Waals surface area contributed by atoms with Gasteiger partial charge in [0.25, 0.3) is 0 Å². The summed E-state index contributed by atoms with van der Waals surface area (Å²) in [6, 6.07) is 10.6. The predicted molar refractivity (Wildman–Crippen MR) is 139 cm³/mol. The third kappa shape index (κ3) is 7.63. The van der Waals surface area contributed by atoms with Gasteiger partial charge in [0.1, 0.15) is 0 Å². The lowest BCUT2D eigenvalue weighted by molar-refractivity contribution is -0.137. The van der Waals surface area contributed by atoms with Gasteiger partial charge in [0.05, 0.1) is 0 Å². The molecule has 1 saturated carbocycles. The monoisotopic (exact) mass is 541 g/mol. The number of rotatable bonds is 7. The number of hydrogen-bond donors (Lipinski definition) is 2. The van der Waals surface area contributed by atoms with E-state index in [2.05, 4.69) is 69.6 Å². The summed E-state index contributed by atoms with van der Waals surface area (Å²) in [7, 11) is 1.82. The van der Waals surface area contributed by atoms with E-state index in [-0.39, 0.29) is 29.4 Å². The minimum absolute atomic E-state index is 0. The number of aliphatic imine (C=N–C) groups is 1. The van der Waals surface area contributed by atoms with Gasteiger partial charge in [-0.2, -0.15) is 0 Å². The van der Waals surface area contributed by atoms with E-state index >= 15 is 0 Å². The van der Waals surface area contributed by atoms with Gasteiger partial charge < -0.3 is 15.5 Å². The molecule has 7 heteroatoms. The average molecular weight is 542 g/mol. The van der Waals surface area contributed by atoms with Crippen LogP contribution in [0.4, 0.5) is 0 Å². The number of hydrogen-bond acceptors (Lipinski definition) is 3. The molecule has 0 unspecified atom stereocenters. The van der Waals surface area contributed by atoms with Crippen LogP contribution in [0.25, 0.3) is 0 Å². The first-order chi connectivity index (χ1) is 14.5. The lowest BCUT2D eigenvalue weighted by Crippen LogP contribution is -2.52. The van der Waals surface area contributed by atoms with Crippen LogP contribution in [0.3, 0.4) is 0 Å². The molecule has 2 aliphatic rings. The Morgan fingerprint density at radius 3 is 2.32 bits per heavy atom. The molecule has 1 saturated heterocycles. The Bertz CT molecular complexity index is 695. The van der Waals surface area contributed by atoms with E-state index < -0.39 is 0 Å². The molecule has 6 nitrogen and oxygen atoms in total. The van der Waals surface area contributed by atoms with E-state index in [0.717, 1.165) is 64.6 Å². The molecule has 1 heterocycles. The quantitative estimate of drug-likeness (QED) is 0.317. The Labute approximate surface area is 205 Å². The van der Waals surface area contributed by atoms with Crippen LogP contribution in [-0.2, 0) is 10.2 Å². The number of piperazine rings is 1. The van der Waals surface area contributed by atoms with Gasteiger partial charge in [-0.25, -0.2) is 0 Å². The molecular weight excluding hydrogens is 501 g/mol. The van der Waals surface area contributed by atoms with Crippen LogP contribution in [0, 0.1) is 5.92 Å². The van der Waals surface area contributed by atoms with Crippen molar-refractivity contribution < 1.29 is 4.79 Å². The summed E-state index contributed by atoms with van der Waals surface area (Å²) >= 11 is 0. The zero-order chi connectivity index (χ0) is 21.4. The van der Waals surface area contributed by atoms with Crippen LogP contribution in [-0.4, -0.2) is 74.5 Å². The van der Waals surface area contributed by atoms with Gasteiger partial charge in [0, 0.05) is 64.2 Å². The first kappa shape index (κ1) is 25.9. The molecule has 2 N–H and O–H groups in total. The van der Waals surface area contributed by atoms with E-state index in [0.29, 0.717) is 11.8 Å². The molecule has 31 heavy (non-hydrogen) atoms. The lowest BCUT2D eigenvalue weighted by Gasteiger charge is -2.36. The molecule has 1 amide bonds. The highest BCUT2D eigenvalue weighted by Crippen LogP contribution is 2.27. The van der Waals surface area contributed by atoms with E-state index in [1.54, 1.807) is 0 Å². The third-order valence-electron chi connectivity index (χ3n) is 6.59. The highest BCUT2D eigenvalue weighted by Gasteiger charge is 2.29. The van der Waals surface area contributed by atoms with Crippen molar-refractivity contribution in [1.29, 1.82) is 0 Å². The summed E-state index contributed by atoms with van der Waals surface area (Å²) in [4.78, 5) is 21.5. The summed E-state index contributed by atoms with van der Waals surface area (Å²) in [5.41, 5.74) is 1.35. The second kappa shape index (κ2) is 12.6. The SMILES string of the molecule is CN=C(NCCN1CCN(C(=O)C2CCCC2)CC1)NCC(C)(C)c1ccccc1.I. The summed E-state index contributed by atoms with van der Waals surface area (Å²) in [6.45, 7) is 10.8. The van der Waals surface area contributed by atoms with Crippen molar-refractivity contribution in [2.75, 3.05) is 52.9 Å². The topological polar surface area (TPSA) is 60.0 Å². The van der Waals surface area contributed by atoms with Crippen LogP contribution < -0.4 is 10.6 Å². The molecule has 2 fully saturated rings. The highest BCUT2D eigenvalue weighted by molar-refractivity contribution is 14.0. The van der Waals surface area contributed by atoms with Crippen molar-refractivity contribution in [1.82, 2.24) is 20.4 Å². The molecule has 1 aliphatic carbocycles. The zero-order valence-corrected chi connectivity index (χ0v) is 21.7. The Morgan fingerprint density at radius 2 is 1.71 bits per heavy atom. The van der Waals surface area contributed by atoms with Crippen LogP contribution in [0.1, 0.15) is 45.1 Å². The summed E-state index contributed by atoms with van der Waals surface area (Å²) < 4.78 is 0. The highest BCUT2D eigenvalue weighted by atomic mass is 127. The second-order valence-electron chi connectivity index (χ2n) is 9.25. The number of amides is 1. The first-order valence-corrected chi connectivity index (χ1v) is 11.5. The molecule has 1 aromatic carbocycles. The van der Waals surface area contributed by atoms with E-state index in [4.69, 9.17) is 0 Å². The van der Waals surface area contributed by atoms with Crippen LogP contribution in [0.15, 0.2) is 35.3 Å². The van der Waals surface area contributed by atoms with Crippen molar-refractivity contribution in [3.05, 3.63) is 35.9 Å². The van der Waals surface area contributed by atoms with Gasteiger partial charge in [-0.15, -0.1) is 24.0 Å². The fourth-order valence-electron chi connectivity index (χ4n) is 4.47. The maximum Gasteiger partial charge on any atom is 0.225 e. The molecule has 174 valence electrons. The summed E-state index contributed by atoms with van der Waals surface area (Å²) in [5, 5.41) is 6.90. The molecule has 3 rings (SSSR count). The van der Waals surface area contributed by atoms with Crippen molar-refractivity contribution in [3.8, 4) is 0 Å². The van der Waals surface area contributed by atoms with Gasteiger partial charge in [-0.3, -0.25) is 14.7 Å². The van der Waals surface area contributed by atoms with Crippen LogP contribution in [0.5, 0.6) is 0 Å². The standard InChI is InChI=1S/C24H39N5O.HI/c1-24(2,21-11-5-4-6-12-21)19-27-23(25-3)26-13-14-28-15-17-29(18-16-28)22(30)20-9-7-8-10-20;/h4-6,11-12,20H,7-10,13-19H2,1-3H3,(H2,25,26,27);1H. The number of guanidine groups is 1. The average Bonchev–Trinajstić information content (AvgIpc) is 3.31. The Hall–Kier alpha value is -1.35. The minimum Gasteiger partial charge on any atom is -0.356 e. The fraction of sp³-hybridized carbons (Fsp3) is 0.667. The molecular formula is C24H40IN5O. The number of halogens is 1. The van der Waals surface area contributed by atoms with E-state index in [1.807, 2.05) is 7.05 Å². The number of nitrogens with zero attached hydrogens (tertiary/aromatic N) is 3. The number of carbonyl (C=O) groups excluding carboxylic acids is 1. The fourth-order valence-corrected chi connectivity index (χ4v) is 4.47. The third-order valence-corrected chi connectivity index (χ3v) is 6.59. The van der Waals surface area contributed by atoms with Gasteiger partial charge in [-0.1, -0.05) is 57.0 Å². The lowest BCUT2D eigenvalue weighted by atomic mass is 9.85. The second-order valence-corrected chi connectivity index (χ2v) is 9.25. The predicted octanol–water partition coefficient (Wildman–Crippen LogP) is 3.08. The Kier molecular flexibility index (Phi) is 10.6. The molecule has 0 atom stereocenters. The van der Waals surface area contributed by atoms with Crippen molar-refractivity contribution in [2.24, 2.45) is 10.9 Å². The molecule has 1 aliphatic heterocycles. The van der Waals surface area contributed by atoms with Crippen molar-refractivity contribution >= 4 is 35.8 Å². The molecule has 0 radical (unpaired) electrons. The zero-order valence-electron chi connectivity index (χ0n) is 19.4. The van der Waals surface area contributed by atoms with Gasteiger partial charge in [0.2, 0.25) is 5.91 Å². The van der Waals surface area contributed by atoms with Crippen molar-refractivity contribution in [3.63, 3.8) is 0 Å². The van der Waals surface area contributed by atoms with Crippen LogP contribution >= 0.6 is 24.0 Å². The minimum atomic E-state index is 0. The summed E-state index contributed by atoms with van der Waals surface area (Å²) in [5.74, 6) is 1.54. The molecule has 1 aromatic rings. The summed E-state index contributed by atoms with van der Waals surface area (Å²) in [6.07, 6.45) is 4.63. The van der Waals surface area contributed by atoms with Crippen molar-refractivity contribution in [2.45, 2.75) is 44.9 Å². The van der Waals surface area contributed by atoms with E-state index in [1.165, 1.54) is 18.4 Å². The number of nitrogens with one attached hydrogen (secondary N) is 2. The van der Waals surface area contributed by atoms with Crippen LogP contribution in [0.2, 0.25) is 0 Å². The Morgan fingerprint density at radius 1 is 1.06 bits per heavy atom. The maximum absolute atomic E-state index is 12.6. The van der Waals surface area contributed by atoms with Gasteiger partial charge in [-0.05, 0) is 18.4 Å². The smallest absolute Gasteiger partial charge is 0.225 e. The molecule has 0 aromatic heterocycles. The first-order valence-electron chi connectivity index (χ1n) is 11.5. The number of carbonyl (C=O) groups is 1. The molecule has 0 bridgehead atoms.